The number of rotatable bonds is 8. The molecular weight excluding hydrogens is 216 g/mol. The first-order chi connectivity index (χ1) is 7.81. The van der Waals surface area contributed by atoms with Gasteiger partial charge in [-0.05, 0) is 33.9 Å². The maximum atomic E-state index is 10.6. The lowest BCUT2D eigenvalue weighted by Crippen LogP contribution is -2.46. The van der Waals surface area contributed by atoms with Gasteiger partial charge in [-0.3, -0.25) is 9.69 Å². The standard InChI is InChI=1S/C13H28N2O2/c1-6-14(7-2)10-11-15(13(3,4)5)9-8-12(16)17/h6-11H2,1-5H3,(H,16,17). The highest BCUT2D eigenvalue weighted by molar-refractivity contribution is 5.66. The molecule has 0 atom stereocenters. The number of carbonyl (C=O) groups is 1. The van der Waals surface area contributed by atoms with Gasteiger partial charge in [-0.15, -0.1) is 0 Å². The fraction of sp³-hybridized carbons (Fsp3) is 0.923. The van der Waals surface area contributed by atoms with Crippen molar-refractivity contribution in [1.82, 2.24) is 9.80 Å². The van der Waals surface area contributed by atoms with Gasteiger partial charge in [0, 0.05) is 25.2 Å². The SMILES string of the molecule is CCN(CC)CCN(CCC(=O)O)C(C)(C)C. The first kappa shape index (κ1) is 16.4. The monoisotopic (exact) mass is 244 g/mol. The summed E-state index contributed by atoms with van der Waals surface area (Å²) in [6.45, 7) is 15.4. The summed E-state index contributed by atoms with van der Waals surface area (Å²) in [5.41, 5.74) is 0.0304. The Morgan fingerprint density at radius 2 is 1.59 bits per heavy atom. The van der Waals surface area contributed by atoms with Crippen LogP contribution in [0.5, 0.6) is 0 Å². The molecule has 0 radical (unpaired) electrons. The van der Waals surface area contributed by atoms with E-state index in [1.807, 2.05) is 0 Å². The number of carboxylic acid groups (broad SMARTS) is 1. The van der Waals surface area contributed by atoms with Gasteiger partial charge in [-0.25, -0.2) is 0 Å². The highest BCUT2D eigenvalue weighted by Gasteiger charge is 2.21. The van der Waals surface area contributed by atoms with Crippen molar-refractivity contribution in [3.8, 4) is 0 Å². The topological polar surface area (TPSA) is 43.8 Å². The van der Waals surface area contributed by atoms with Gasteiger partial charge >= 0.3 is 5.97 Å². The number of likely N-dealkylation sites (N-methyl/N-ethyl adjacent to an activating group) is 1. The summed E-state index contributed by atoms with van der Waals surface area (Å²) in [6.07, 6.45) is 0.218. The Balaban J connectivity index is 4.24. The molecule has 0 unspecified atom stereocenters. The Hall–Kier alpha value is -0.610. The molecule has 0 aromatic heterocycles. The first-order valence-electron chi connectivity index (χ1n) is 6.50. The predicted octanol–water partition coefficient (Wildman–Crippen LogP) is 1.90. The van der Waals surface area contributed by atoms with Gasteiger partial charge in [0.1, 0.15) is 0 Å². The lowest BCUT2D eigenvalue weighted by atomic mass is 10.1. The number of hydrogen-bond donors (Lipinski definition) is 1. The molecule has 0 aliphatic heterocycles. The van der Waals surface area contributed by atoms with Crippen molar-refractivity contribution in [3.05, 3.63) is 0 Å². The van der Waals surface area contributed by atoms with Crippen LogP contribution in [-0.2, 0) is 4.79 Å². The van der Waals surface area contributed by atoms with Crippen molar-refractivity contribution < 1.29 is 9.90 Å². The Morgan fingerprint density at radius 3 is 1.94 bits per heavy atom. The lowest BCUT2D eigenvalue weighted by molar-refractivity contribution is -0.137. The van der Waals surface area contributed by atoms with Crippen LogP contribution in [-0.4, -0.2) is 59.1 Å². The molecule has 0 aliphatic carbocycles. The van der Waals surface area contributed by atoms with E-state index in [4.69, 9.17) is 5.11 Å². The second-order valence-electron chi connectivity index (χ2n) is 5.33. The molecule has 4 nitrogen and oxygen atoms in total. The number of carboxylic acids is 1. The minimum Gasteiger partial charge on any atom is -0.481 e. The molecular formula is C13H28N2O2. The van der Waals surface area contributed by atoms with Crippen LogP contribution in [0, 0.1) is 0 Å². The van der Waals surface area contributed by atoms with Crippen molar-refractivity contribution in [3.63, 3.8) is 0 Å². The molecule has 0 bridgehead atoms. The van der Waals surface area contributed by atoms with Gasteiger partial charge in [0.25, 0.3) is 0 Å². The average molecular weight is 244 g/mol. The van der Waals surface area contributed by atoms with E-state index in [2.05, 4.69) is 44.4 Å². The van der Waals surface area contributed by atoms with Crippen molar-refractivity contribution in [1.29, 1.82) is 0 Å². The maximum absolute atomic E-state index is 10.6. The van der Waals surface area contributed by atoms with E-state index < -0.39 is 5.97 Å². The fourth-order valence-electron chi connectivity index (χ4n) is 1.82. The number of aliphatic carboxylic acids is 1. The van der Waals surface area contributed by atoms with Crippen LogP contribution in [0.15, 0.2) is 0 Å². The zero-order valence-corrected chi connectivity index (χ0v) is 12.0. The summed E-state index contributed by atoms with van der Waals surface area (Å²) in [7, 11) is 0. The minimum atomic E-state index is -0.720. The van der Waals surface area contributed by atoms with Gasteiger partial charge in [0.15, 0.2) is 0 Å². The van der Waals surface area contributed by atoms with Crippen molar-refractivity contribution in [2.24, 2.45) is 0 Å². The molecule has 0 heterocycles. The summed E-state index contributed by atoms with van der Waals surface area (Å²) >= 11 is 0. The average Bonchev–Trinajstić information content (AvgIpc) is 2.21. The summed E-state index contributed by atoms with van der Waals surface area (Å²) in [5.74, 6) is -0.720. The van der Waals surface area contributed by atoms with Crippen LogP contribution in [0.4, 0.5) is 0 Å². The van der Waals surface area contributed by atoms with Crippen molar-refractivity contribution in [2.45, 2.75) is 46.6 Å². The predicted molar refractivity (Wildman–Crippen MR) is 71.4 cm³/mol. The first-order valence-corrected chi connectivity index (χ1v) is 6.50. The third-order valence-electron chi connectivity index (χ3n) is 3.12. The second kappa shape index (κ2) is 7.67. The molecule has 0 aromatic rings. The third kappa shape index (κ3) is 7.34. The maximum Gasteiger partial charge on any atom is 0.304 e. The van der Waals surface area contributed by atoms with E-state index in [0.717, 1.165) is 26.2 Å². The Bertz CT molecular complexity index is 220. The smallest absolute Gasteiger partial charge is 0.304 e. The summed E-state index contributed by atoms with van der Waals surface area (Å²) in [6, 6.07) is 0. The summed E-state index contributed by atoms with van der Waals surface area (Å²) in [4.78, 5) is 15.3. The van der Waals surface area contributed by atoms with E-state index in [-0.39, 0.29) is 12.0 Å². The molecule has 0 saturated carbocycles. The van der Waals surface area contributed by atoms with E-state index in [1.54, 1.807) is 0 Å². The molecule has 1 N–H and O–H groups in total. The third-order valence-corrected chi connectivity index (χ3v) is 3.12. The van der Waals surface area contributed by atoms with E-state index in [9.17, 15) is 4.79 Å². The largest absolute Gasteiger partial charge is 0.481 e. The summed E-state index contributed by atoms with van der Waals surface area (Å²) < 4.78 is 0. The molecule has 0 spiro atoms. The fourth-order valence-corrected chi connectivity index (χ4v) is 1.82. The lowest BCUT2D eigenvalue weighted by Gasteiger charge is -2.36. The molecule has 0 rings (SSSR count). The van der Waals surface area contributed by atoms with E-state index in [0.29, 0.717) is 6.54 Å². The number of nitrogens with zero attached hydrogens (tertiary/aromatic N) is 2. The van der Waals surface area contributed by atoms with Crippen molar-refractivity contribution >= 4 is 5.97 Å². The van der Waals surface area contributed by atoms with Crippen LogP contribution in [0.3, 0.4) is 0 Å². The van der Waals surface area contributed by atoms with Gasteiger partial charge in [0.2, 0.25) is 0 Å². The van der Waals surface area contributed by atoms with Crippen LogP contribution in [0.25, 0.3) is 0 Å². The zero-order valence-electron chi connectivity index (χ0n) is 12.0. The normalized spacial score (nSPS) is 12.4. The summed E-state index contributed by atoms with van der Waals surface area (Å²) in [5, 5.41) is 8.76. The second-order valence-corrected chi connectivity index (χ2v) is 5.33. The zero-order chi connectivity index (χ0) is 13.5. The highest BCUT2D eigenvalue weighted by atomic mass is 16.4. The van der Waals surface area contributed by atoms with Gasteiger partial charge in [-0.1, -0.05) is 13.8 Å². The molecule has 102 valence electrons. The van der Waals surface area contributed by atoms with Gasteiger partial charge < -0.3 is 10.0 Å². The van der Waals surface area contributed by atoms with Crippen molar-refractivity contribution in [2.75, 3.05) is 32.7 Å². The van der Waals surface area contributed by atoms with Crippen LogP contribution >= 0.6 is 0 Å². The quantitative estimate of drug-likeness (QED) is 0.708. The Morgan fingerprint density at radius 1 is 1.06 bits per heavy atom. The van der Waals surface area contributed by atoms with Gasteiger partial charge in [0.05, 0.1) is 6.42 Å². The number of hydrogen-bond acceptors (Lipinski definition) is 3. The van der Waals surface area contributed by atoms with Crippen LogP contribution in [0.2, 0.25) is 0 Å². The van der Waals surface area contributed by atoms with E-state index >= 15 is 0 Å². The minimum absolute atomic E-state index is 0.0304. The molecule has 0 saturated heterocycles. The molecule has 4 heteroatoms. The highest BCUT2D eigenvalue weighted by Crippen LogP contribution is 2.13. The molecule has 0 fully saturated rings. The van der Waals surface area contributed by atoms with E-state index in [1.165, 1.54) is 0 Å². The van der Waals surface area contributed by atoms with Crippen LogP contribution < -0.4 is 0 Å². The van der Waals surface area contributed by atoms with Crippen LogP contribution in [0.1, 0.15) is 41.0 Å². The van der Waals surface area contributed by atoms with Gasteiger partial charge in [-0.2, -0.15) is 0 Å². The Labute approximate surface area is 106 Å². The molecule has 0 aromatic carbocycles. The molecule has 17 heavy (non-hydrogen) atoms. The Kier molecular flexibility index (Phi) is 7.39. The molecule has 0 aliphatic rings. The molecule has 0 amide bonds.